The molecule has 0 spiro atoms. The highest BCUT2D eigenvalue weighted by atomic mass is 16.3. The largest absolute Gasteiger partial charge is 0.392 e. The first kappa shape index (κ1) is 11.6. The van der Waals surface area contributed by atoms with Crippen LogP contribution in [-0.4, -0.2) is 17.1 Å². The molecule has 0 saturated carbocycles. The molecule has 0 bridgehead atoms. The average Bonchev–Trinajstić information content (AvgIpc) is 2.40. The molecule has 2 aromatic rings. The summed E-state index contributed by atoms with van der Waals surface area (Å²) >= 11 is 0. The first-order valence-electron chi connectivity index (χ1n) is 5.60. The summed E-state index contributed by atoms with van der Waals surface area (Å²) in [5.41, 5.74) is 3.15. The van der Waals surface area contributed by atoms with Crippen molar-refractivity contribution in [1.29, 1.82) is 0 Å². The molecule has 88 valence electrons. The van der Waals surface area contributed by atoms with Gasteiger partial charge in [0.15, 0.2) is 0 Å². The van der Waals surface area contributed by atoms with Gasteiger partial charge in [-0.3, -0.25) is 4.98 Å². The molecular weight excluding hydrogens is 212 g/mol. The summed E-state index contributed by atoms with van der Waals surface area (Å²) in [7, 11) is 2.02. The summed E-state index contributed by atoms with van der Waals surface area (Å²) in [6.07, 6.45) is 3.63. The number of pyridine rings is 1. The maximum Gasteiger partial charge on any atom is 0.0702 e. The maximum absolute atomic E-state index is 9.29. The lowest BCUT2D eigenvalue weighted by molar-refractivity contribution is 0.282. The van der Waals surface area contributed by atoms with Crippen molar-refractivity contribution < 1.29 is 5.11 Å². The molecule has 1 aromatic carbocycles. The standard InChI is InChI=1S/C14H16N2O/c1-16(10-12-5-4-8-15-9-12)14-7-3-2-6-13(14)11-17/h2-9,17H,10-11H2,1H3. The number of aromatic nitrogens is 1. The first-order chi connectivity index (χ1) is 8.31. The molecule has 17 heavy (non-hydrogen) atoms. The van der Waals surface area contributed by atoms with E-state index in [2.05, 4.69) is 9.88 Å². The quantitative estimate of drug-likeness (QED) is 0.871. The fourth-order valence-corrected chi connectivity index (χ4v) is 1.87. The van der Waals surface area contributed by atoms with E-state index in [0.29, 0.717) is 0 Å². The number of anilines is 1. The van der Waals surface area contributed by atoms with Crippen LogP contribution in [-0.2, 0) is 13.2 Å². The van der Waals surface area contributed by atoms with E-state index in [1.807, 2.05) is 49.6 Å². The van der Waals surface area contributed by atoms with E-state index in [1.54, 1.807) is 6.20 Å². The molecule has 0 unspecified atom stereocenters. The minimum Gasteiger partial charge on any atom is -0.392 e. The first-order valence-corrected chi connectivity index (χ1v) is 5.60. The van der Waals surface area contributed by atoms with E-state index < -0.39 is 0 Å². The molecule has 0 aliphatic rings. The smallest absolute Gasteiger partial charge is 0.0702 e. The Balaban J connectivity index is 2.17. The topological polar surface area (TPSA) is 36.4 Å². The highest BCUT2D eigenvalue weighted by Crippen LogP contribution is 2.20. The lowest BCUT2D eigenvalue weighted by Crippen LogP contribution is -2.18. The normalized spacial score (nSPS) is 10.2. The van der Waals surface area contributed by atoms with Gasteiger partial charge in [-0.25, -0.2) is 0 Å². The highest BCUT2D eigenvalue weighted by molar-refractivity contribution is 5.53. The van der Waals surface area contributed by atoms with Crippen molar-refractivity contribution in [3.05, 3.63) is 59.9 Å². The second-order valence-corrected chi connectivity index (χ2v) is 4.00. The lowest BCUT2D eigenvalue weighted by Gasteiger charge is -2.21. The Labute approximate surface area is 101 Å². The predicted octanol–water partition coefficient (Wildman–Crippen LogP) is 2.21. The van der Waals surface area contributed by atoms with Gasteiger partial charge < -0.3 is 10.0 Å². The van der Waals surface area contributed by atoms with Crippen LogP contribution >= 0.6 is 0 Å². The van der Waals surface area contributed by atoms with Crippen LogP contribution in [0.3, 0.4) is 0 Å². The average molecular weight is 228 g/mol. The van der Waals surface area contributed by atoms with Crippen LogP contribution in [0.1, 0.15) is 11.1 Å². The van der Waals surface area contributed by atoms with Crippen molar-refractivity contribution in [3.8, 4) is 0 Å². The van der Waals surface area contributed by atoms with Gasteiger partial charge in [0, 0.05) is 37.2 Å². The van der Waals surface area contributed by atoms with E-state index in [9.17, 15) is 5.11 Å². The third-order valence-corrected chi connectivity index (χ3v) is 2.72. The van der Waals surface area contributed by atoms with E-state index in [4.69, 9.17) is 0 Å². The lowest BCUT2D eigenvalue weighted by atomic mass is 10.1. The van der Waals surface area contributed by atoms with E-state index in [-0.39, 0.29) is 6.61 Å². The van der Waals surface area contributed by atoms with Crippen molar-refractivity contribution in [2.75, 3.05) is 11.9 Å². The minimum atomic E-state index is 0.0630. The molecule has 0 aliphatic heterocycles. The van der Waals surface area contributed by atoms with Crippen molar-refractivity contribution in [1.82, 2.24) is 4.98 Å². The van der Waals surface area contributed by atoms with Crippen LogP contribution in [0.25, 0.3) is 0 Å². The minimum absolute atomic E-state index is 0.0630. The highest BCUT2D eigenvalue weighted by Gasteiger charge is 2.06. The molecular formula is C14H16N2O. The molecule has 0 fully saturated rings. The molecule has 3 nitrogen and oxygen atoms in total. The Morgan fingerprint density at radius 2 is 2.00 bits per heavy atom. The Bertz CT molecular complexity index is 471. The number of nitrogens with zero attached hydrogens (tertiary/aromatic N) is 2. The molecule has 0 aliphatic carbocycles. The van der Waals surface area contributed by atoms with Crippen LogP contribution in [0.2, 0.25) is 0 Å². The zero-order valence-corrected chi connectivity index (χ0v) is 9.87. The molecule has 3 heteroatoms. The third kappa shape index (κ3) is 2.82. The van der Waals surface area contributed by atoms with Gasteiger partial charge in [0.25, 0.3) is 0 Å². The van der Waals surface area contributed by atoms with E-state index >= 15 is 0 Å². The summed E-state index contributed by atoms with van der Waals surface area (Å²) in [6, 6.07) is 11.9. The molecule has 1 N–H and O–H groups in total. The number of aliphatic hydroxyl groups is 1. The van der Waals surface area contributed by atoms with E-state index in [1.165, 1.54) is 0 Å². The van der Waals surface area contributed by atoms with Crippen LogP contribution in [0, 0.1) is 0 Å². The summed E-state index contributed by atoms with van der Waals surface area (Å²) in [6.45, 7) is 0.846. The van der Waals surface area contributed by atoms with Gasteiger partial charge in [0.05, 0.1) is 6.61 Å². The van der Waals surface area contributed by atoms with Crippen molar-refractivity contribution in [2.24, 2.45) is 0 Å². The molecule has 2 rings (SSSR count). The molecule has 0 amide bonds. The summed E-state index contributed by atoms with van der Waals surface area (Å²) in [5, 5.41) is 9.29. The molecule has 0 saturated heterocycles. The Morgan fingerprint density at radius 1 is 1.18 bits per heavy atom. The summed E-state index contributed by atoms with van der Waals surface area (Å²) in [4.78, 5) is 6.21. The Morgan fingerprint density at radius 3 is 2.71 bits per heavy atom. The van der Waals surface area contributed by atoms with Gasteiger partial charge in [0.2, 0.25) is 0 Å². The molecule has 0 atom stereocenters. The monoisotopic (exact) mass is 228 g/mol. The van der Waals surface area contributed by atoms with Crippen LogP contribution in [0.15, 0.2) is 48.8 Å². The SMILES string of the molecule is CN(Cc1cccnc1)c1ccccc1CO. The van der Waals surface area contributed by atoms with Crippen LogP contribution in [0.4, 0.5) is 5.69 Å². The number of para-hydroxylation sites is 1. The summed E-state index contributed by atoms with van der Waals surface area (Å²) in [5.74, 6) is 0. The second kappa shape index (κ2) is 5.46. The third-order valence-electron chi connectivity index (χ3n) is 2.72. The zero-order valence-electron chi connectivity index (χ0n) is 9.87. The fourth-order valence-electron chi connectivity index (χ4n) is 1.87. The van der Waals surface area contributed by atoms with Crippen molar-refractivity contribution >= 4 is 5.69 Å². The van der Waals surface area contributed by atoms with Gasteiger partial charge in [-0.1, -0.05) is 24.3 Å². The number of hydrogen-bond donors (Lipinski definition) is 1. The van der Waals surface area contributed by atoms with Crippen molar-refractivity contribution in [2.45, 2.75) is 13.2 Å². The number of hydrogen-bond acceptors (Lipinski definition) is 3. The van der Waals surface area contributed by atoms with Crippen molar-refractivity contribution in [3.63, 3.8) is 0 Å². The maximum atomic E-state index is 9.29. The number of benzene rings is 1. The Kier molecular flexibility index (Phi) is 3.73. The molecule has 1 heterocycles. The molecule has 0 radical (unpaired) electrons. The van der Waals surface area contributed by atoms with Gasteiger partial charge in [0.1, 0.15) is 0 Å². The predicted molar refractivity (Wildman–Crippen MR) is 68.7 cm³/mol. The fraction of sp³-hybridized carbons (Fsp3) is 0.214. The number of aliphatic hydroxyl groups excluding tert-OH is 1. The summed E-state index contributed by atoms with van der Waals surface area (Å²) < 4.78 is 0. The van der Waals surface area contributed by atoms with Crippen LogP contribution < -0.4 is 4.90 Å². The van der Waals surface area contributed by atoms with E-state index in [0.717, 1.165) is 23.4 Å². The second-order valence-electron chi connectivity index (χ2n) is 4.00. The van der Waals surface area contributed by atoms with Gasteiger partial charge in [-0.2, -0.15) is 0 Å². The number of rotatable bonds is 4. The Hall–Kier alpha value is -1.87. The van der Waals surface area contributed by atoms with Gasteiger partial charge in [-0.05, 0) is 17.7 Å². The van der Waals surface area contributed by atoms with Crippen LogP contribution in [0.5, 0.6) is 0 Å². The van der Waals surface area contributed by atoms with Gasteiger partial charge >= 0.3 is 0 Å². The zero-order chi connectivity index (χ0) is 12.1. The molecule has 1 aromatic heterocycles. The van der Waals surface area contributed by atoms with Gasteiger partial charge in [-0.15, -0.1) is 0 Å².